The molecule has 0 atom stereocenters. The van der Waals surface area contributed by atoms with Gasteiger partial charge in [-0.25, -0.2) is 9.78 Å². The largest absolute Gasteiger partial charge is 0.464 e. The molecule has 1 aliphatic rings. The van der Waals surface area contributed by atoms with Gasteiger partial charge in [0.05, 0.1) is 24.9 Å². The summed E-state index contributed by atoms with van der Waals surface area (Å²) in [6.07, 6.45) is 0.222. The van der Waals surface area contributed by atoms with Crippen LogP contribution in [0.4, 0.5) is 5.69 Å². The number of hydrogen-bond acceptors (Lipinski definition) is 4. The first kappa shape index (κ1) is 8.68. The van der Waals surface area contributed by atoms with E-state index in [1.54, 1.807) is 6.07 Å². The van der Waals surface area contributed by atoms with E-state index in [4.69, 9.17) is 0 Å². The molecule has 1 N–H and O–H groups in total. The molecule has 0 saturated carbocycles. The topological polar surface area (TPSA) is 68.3 Å². The van der Waals surface area contributed by atoms with Crippen molar-refractivity contribution < 1.29 is 14.3 Å². The van der Waals surface area contributed by atoms with Gasteiger partial charge in [0.1, 0.15) is 5.69 Å². The predicted octanol–water partition coefficient (Wildman–Crippen LogP) is 0.363. The van der Waals surface area contributed by atoms with Crippen LogP contribution in [0.25, 0.3) is 0 Å². The van der Waals surface area contributed by atoms with Crippen LogP contribution < -0.4 is 5.32 Å². The Morgan fingerprint density at radius 1 is 1.57 bits per heavy atom. The normalized spacial score (nSPS) is 13.4. The fourth-order valence-electron chi connectivity index (χ4n) is 1.31. The molecule has 5 nitrogen and oxygen atoms in total. The minimum Gasteiger partial charge on any atom is -0.464 e. The van der Waals surface area contributed by atoms with Gasteiger partial charge in [0, 0.05) is 0 Å². The van der Waals surface area contributed by atoms with E-state index in [-0.39, 0.29) is 18.0 Å². The third-order valence-electron chi connectivity index (χ3n) is 1.97. The molecule has 1 aromatic rings. The number of rotatable bonds is 1. The molecular weight excluding hydrogens is 184 g/mol. The molecule has 1 aliphatic heterocycles. The van der Waals surface area contributed by atoms with Gasteiger partial charge in [-0.15, -0.1) is 0 Å². The maximum atomic E-state index is 11.1. The molecule has 72 valence electrons. The first-order chi connectivity index (χ1) is 6.70. The standard InChI is InChI=1S/C9H8N2O3/c1-14-9(13)6-3-2-5-7(10-6)4-8(12)11-5/h2-3H,4H2,1H3,(H,11,12). The second kappa shape index (κ2) is 3.10. The quantitative estimate of drug-likeness (QED) is 0.652. The molecule has 0 aliphatic carbocycles. The number of pyridine rings is 1. The summed E-state index contributed by atoms with van der Waals surface area (Å²) in [5.74, 6) is -0.596. The predicted molar refractivity (Wildman–Crippen MR) is 47.9 cm³/mol. The maximum absolute atomic E-state index is 11.1. The van der Waals surface area contributed by atoms with Gasteiger partial charge >= 0.3 is 5.97 Å². The Morgan fingerprint density at radius 2 is 2.36 bits per heavy atom. The molecule has 2 heterocycles. The smallest absolute Gasteiger partial charge is 0.356 e. The Morgan fingerprint density at radius 3 is 3.07 bits per heavy atom. The average molecular weight is 192 g/mol. The molecule has 0 fully saturated rings. The number of amides is 1. The Kier molecular flexibility index (Phi) is 1.92. The lowest BCUT2D eigenvalue weighted by Crippen LogP contribution is -2.05. The minimum atomic E-state index is -0.493. The first-order valence-electron chi connectivity index (χ1n) is 4.09. The van der Waals surface area contributed by atoms with Crippen LogP contribution in [0.2, 0.25) is 0 Å². The molecule has 1 aromatic heterocycles. The molecular formula is C9H8N2O3. The Bertz CT molecular complexity index is 415. The molecule has 0 aromatic carbocycles. The van der Waals surface area contributed by atoms with Crippen molar-refractivity contribution in [3.63, 3.8) is 0 Å². The van der Waals surface area contributed by atoms with Crippen molar-refractivity contribution in [3.8, 4) is 0 Å². The molecule has 5 heteroatoms. The second-order valence-electron chi connectivity index (χ2n) is 2.91. The number of carbonyl (C=O) groups excluding carboxylic acids is 2. The van der Waals surface area contributed by atoms with Crippen molar-refractivity contribution in [1.29, 1.82) is 0 Å². The highest BCUT2D eigenvalue weighted by Gasteiger charge is 2.20. The van der Waals surface area contributed by atoms with Gasteiger partial charge < -0.3 is 10.1 Å². The van der Waals surface area contributed by atoms with Crippen molar-refractivity contribution in [2.45, 2.75) is 6.42 Å². The third-order valence-corrected chi connectivity index (χ3v) is 1.97. The summed E-state index contributed by atoms with van der Waals surface area (Å²) in [7, 11) is 1.29. The van der Waals surface area contributed by atoms with Crippen molar-refractivity contribution >= 4 is 17.6 Å². The molecule has 2 rings (SSSR count). The van der Waals surface area contributed by atoms with E-state index >= 15 is 0 Å². The van der Waals surface area contributed by atoms with Crippen molar-refractivity contribution in [2.24, 2.45) is 0 Å². The van der Waals surface area contributed by atoms with Crippen LogP contribution in [0.1, 0.15) is 16.2 Å². The summed E-state index contributed by atoms with van der Waals surface area (Å²) in [6, 6.07) is 3.18. The fourth-order valence-corrected chi connectivity index (χ4v) is 1.31. The Labute approximate surface area is 80.1 Å². The summed E-state index contributed by atoms with van der Waals surface area (Å²) >= 11 is 0. The van der Waals surface area contributed by atoms with Gasteiger partial charge in [0.2, 0.25) is 5.91 Å². The summed E-state index contributed by atoms with van der Waals surface area (Å²) in [6.45, 7) is 0. The van der Waals surface area contributed by atoms with E-state index in [9.17, 15) is 9.59 Å². The van der Waals surface area contributed by atoms with E-state index in [1.165, 1.54) is 13.2 Å². The lowest BCUT2D eigenvalue weighted by Gasteiger charge is -2.00. The highest BCUT2D eigenvalue weighted by molar-refractivity contribution is 5.99. The second-order valence-corrected chi connectivity index (χ2v) is 2.91. The monoisotopic (exact) mass is 192 g/mol. The first-order valence-corrected chi connectivity index (χ1v) is 4.09. The molecule has 1 amide bonds. The number of aromatic nitrogens is 1. The van der Waals surface area contributed by atoms with Gasteiger partial charge in [-0.05, 0) is 12.1 Å². The van der Waals surface area contributed by atoms with Gasteiger partial charge in [0.25, 0.3) is 0 Å². The summed E-state index contributed by atoms with van der Waals surface area (Å²) in [5, 5.41) is 2.63. The van der Waals surface area contributed by atoms with Crippen molar-refractivity contribution in [1.82, 2.24) is 4.98 Å². The number of nitrogens with zero attached hydrogens (tertiary/aromatic N) is 1. The van der Waals surface area contributed by atoms with Crippen LogP contribution in [0.5, 0.6) is 0 Å². The van der Waals surface area contributed by atoms with E-state index in [0.717, 1.165) is 0 Å². The zero-order chi connectivity index (χ0) is 10.1. The van der Waals surface area contributed by atoms with E-state index < -0.39 is 5.97 Å². The Balaban J connectivity index is 2.37. The van der Waals surface area contributed by atoms with E-state index in [2.05, 4.69) is 15.0 Å². The number of anilines is 1. The van der Waals surface area contributed by atoms with Crippen LogP contribution in [-0.4, -0.2) is 24.0 Å². The Hall–Kier alpha value is -1.91. The summed E-state index contributed by atoms with van der Waals surface area (Å²) in [4.78, 5) is 26.1. The van der Waals surface area contributed by atoms with E-state index in [0.29, 0.717) is 11.4 Å². The fraction of sp³-hybridized carbons (Fsp3) is 0.222. The average Bonchev–Trinajstić information content (AvgIpc) is 2.55. The number of nitrogens with one attached hydrogen (secondary N) is 1. The molecule has 0 spiro atoms. The lowest BCUT2D eigenvalue weighted by atomic mass is 10.2. The minimum absolute atomic E-state index is 0.102. The maximum Gasteiger partial charge on any atom is 0.356 e. The number of hydrogen-bond donors (Lipinski definition) is 1. The van der Waals surface area contributed by atoms with Crippen LogP contribution in [0.3, 0.4) is 0 Å². The van der Waals surface area contributed by atoms with Crippen LogP contribution in [0, 0.1) is 0 Å². The van der Waals surface area contributed by atoms with Gasteiger partial charge in [0.15, 0.2) is 0 Å². The van der Waals surface area contributed by atoms with Crippen LogP contribution >= 0.6 is 0 Å². The van der Waals surface area contributed by atoms with E-state index in [1.807, 2.05) is 0 Å². The zero-order valence-electron chi connectivity index (χ0n) is 7.53. The molecule has 0 bridgehead atoms. The number of esters is 1. The zero-order valence-corrected chi connectivity index (χ0v) is 7.53. The summed E-state index contributed by atoms with van der Waals surface area (Å²) < 4.78 is 4.52. The number of carbonyl (C=O) groups is 2. The van der Waals surface area contributed by atoms with Crippen molar-refractivity contribution in [2.75, 3.05) is 12.4 Å². The van der Waals surface area contributed by atoms with Gasteiger partial charge in [-0.2, -0.15) is 0 Å². The van der Waals surface area contributed by atoms with Gasteiger partial charge in [-0.1, -0.05) is 0 Å². The van der Waals surface area contributed by atoms with Crippen LogP contribution in [-0.2, 0) is 16.0 Å². The number of ether oxygens (including phenoxy) is 1. The molecule has 0 radical (unpaired) electrons. The highest BCUT2D eigenvalue weighted by Crippen LogP contribution is 2.20. The lowest BCUT2D eigenvalue weighted by molar-refractivity contribution is -0.115. The third kappa shape index (κ3) is 1.32. The van der Waals surface area contributed by atoms with Gasteiger partial charge in [-0.3, -0.25) is 4.79 Å². The molecule has 0 saturated heterocycles. The number of fused-ring (bicyclic) bond motifs is 1. The van der Waals surface area contributed by atoms with Crippen LogP contribution in [0.15, 0.2) is 12.1 Å². The SMILES string of the molecule is COC(=O)c1ccc2c(n1)CC(=O)N2. The van der Waals surface area contributed by atoms with Crippen molar-refractivity contribution in [3.05, 3.63) is 23.5 Å². The highest BCUT2D eigenvalue weighted by atomic mass is 16.5. The molecule has 0 unspecified atom stereocenters. The number of methoxy groups -OCH3 is 1. The molecule has 14 heavy (non-hydrogen) atoms. The summed E-state index contributed by atoms with van der Waals surface area (Å²) in [5.41, 5.74) is 1.49.